The number of nitrogens with zero attached hydrogens (tertiary/aromatic N) is 1. The van der Waals surface area contributed by atoms with Gasteiger partial charge in [-0.2, -0.15) is 5.10 Å². The molecule has 3 rings (SSSR count). The number of fused-ring (bicyclic) bond motifs is 1. The summed E-state index contributed by atoms with van der Waals surface area (Å²) in [6.45, 7) is 6.38. The normalized spacial score (nSPS) is 12.3. The van der Waals surface area contributed by atoms with Crippen LogP contribution in [-0.2, 0) is 6.42 Å². The van der Waals surface area contributed by atoms with E-state index in [0.29, 0.717) is 29.4 Å². The number of ether oxygens (including phenoxy) is 1. The van der Waals surface area contributed by atoms with Crippen LogP contribution in [0.1, 0.15) is 48.8 Å². The van der Waals surface area contributed by atoms with Crippen LogP contribution in [0.4, 0.5) is 0 Å². The summed E-state index contributed by atoms with van der Waals surface area (Å²) in [5.74, 6) is 1.15. The number of rotatable bonds is 6. The number of aromatic amines is 1. The van der Waals surface area contributed by atoms with Crippen molar-refractivity contribution in [3.63, 3.8) is 0 Å². The van der Waals surface area contributed by atoms with Gasteiger partial charge in [0.05, 0.1) is 12.6 Å². The third-order valence-corrected chi connectivity index (χ3v) is 3.85. The van der Waals surface area contributed by atoms with Crippen LogP contribution in [0.15, 0.2) is 34.7 Å². The third kappa shape index (κ3) is 3.13. The molecule has 0 bridgehead atoms. The number of benzene rings is 1. The highest BCUT2D eigenvalue weighted by Gasteiger charge is 2.18. The number of para-hydroxylation sites is 1. The molecule has 2 aromatic heterocycles. The van der Waals surface area contributed by atoms with Crippen LogP contribution in [0.25, 0.3) is 11.0 Å². The molecule has 1 unspecified atom stereocenters. The molecule has 0 saturated carbocycles. The van der Waals surface area contributed by atoms with Crippen LogP contribution >= 0.6 is 0 Å². The molecule has 0 aliphatic carbocycles. The SMILES string of the molecule is CCOc1cccc2cc(C(C)NC(=O)c3cc(CC)[nH]n3)oc12. The number of amides is 1. The Labute approximate surface area is 140 Å². The van der Waals surface area contributed by atoms with E-state index in [2.05, 4.69) is 15.5 Å². The number of furan rings is 1. The van der Waals surface area contributed by atoms with Crippen molar-refractivity contribution in [2.75, 3.05) is 6.61 Å². The lowest BCUT2D eigenvalue weighted by molar-refractivity contribution is 0.0930. The minimum Gasteiger partial charge on any atom is -0.490 e. The van der Waals surface area contributed by atoms with Gasteiger partial charge < -0.3 is 14.5 Å². The van der Waals surface area contributed by atoms with Gasteiger partial charge in [0, 0.05) is 11.1 Å². The van der Waals surface area contributed by atoms with E-state index in [0.717, 1.165) is 17.5 Å². The lowest BCUT2D eigenvalue weighted by Crippen LogP contribution is -2.26. The summed E-state index contributed by atoms with van der Waals surface area (Å²) in [5, 5.41) is 10.7. The molecule has 2 N–H and O–H groups in total. The van der Waals surface area contributed by atoms with Crippen LogP contribution < -0.4 is 10.1 Å². The maximum atomic E-state index is 12.3. The van der Waals surface area contributed by atoms with Crippen LogP contribution in [0.5, 0.6) is 5.75 Å². The molecule has 3 aromatic rings. The van der Waals surface area contributed by atoms with Gasteiger partial charge in [-0.3, -0.25) is 9.89 Å². The maximum absolute atomic E-state index is 12.3. The molecular weight excluding hydrogens is 306 g/mol. The second-order valence-corrected chi connectivity index (χ2v) is 5.58. The second-order valence-electron chi connectivity index (χ2n) is 5.58. The highest BCUT2D eigenvalue weighted by molar-refractivity contribution is 5.92. The van der Waals surface area contributed by atoms with Crippen molar-refractivity contribution in [2.45, 2.75) is 33.2 Å². The zero-order valence-electron chi connectivity index (χ0n) is 14.1. The Morgan fingerprint density at radius 1 is 1.38 bits per heavy atom. The number of hydrogen-bond donors (Lipinski definition) is 2. The van der Waals surface area contributed by atoms with Crippen molar-refractivity contribution in [3.8, 4) is 5.75 Å². The molecule has 0 fully saturated rings. The van der Waals surface area contributed by atoms with Gasteiger partial charge in [0.25, 0.3) is 5.91 Å². The van der Waals surface area contributed by atoms with Crippen molar-refractivity contribution in [1.82, 2.24) is 15.5 Å². The van der Waals surface area contributed by atoms with Crippen LogP contribution in [0, 0.1) is 0 Å². The lowest BCUT2D eigenvalue weighted by atomic mass is 10.2. The smallest absolute Gasteiger partial charge is 0.272 e. The molecule has 1 atom stereocenters. The Hall–Kier alpha value is -2.76. The molecule has 0 spiro atoms. The number of aryl methyl sites for hydroxylation is 1. The average molecular weight is 327 g/mol. The maximum Gasteiger partial charge on any atom is 0.272 e. The van der Waals surface area contributed by atoms with E-state index in [9.17, 15) is 4.79 Å². The molecule has 6 heteroatoms. The van der Waals surface area contributed by atoms with E-state index >= 15 is 0 Å². The Morgan fingerprint density at radius 2 is 2.21 bits per heavy atom. The average Bonchev–Trinajstić information content (AvgIpc) is 3.22. The van der Waals surface area contributed by atoms with Gasteiger partial charge in [0.1, 0.15) is 11.5 Å². The van der Waals surface area contributed by atoms with Gasteiger partial charge in [-0.15, -0.1) is 0 Å². The minimum absolute atomic E-state index is 0.232. The number of H-pyrrole nitrogens is 1. The first-order chi connectivity index (χ1) is 11.6. The monoisotopic (exact) mass is 327 g/mol. The molecule has 0 aliphatic rings. The van der Waals surface area contributed by atoms with E-state index < -0.39 is 0 Å². The number of nitrogens with one attached hydrogen (secondary N) is 2. The minimum atomic E-state index is -0.277. The highest BCUT2D eigenvalue weighted by atomic mass is 16.5. The predicted molar refractivity (Wildman–Crippen MR) is 91.2 cm³/mol. The first kappa shape index (κ1) is 16.1. The highest BCUT2D eigenvalue weighted by Crippen LogP contribution is 2.31. The van der Waals surface area contributed by atoms with Gasteiger partial charge in [0.2, 0.25) is 0 Å². The molecule has 1 aromatic carbocycles. The number of carbonyl (C=O) groups excluding carboxylic acids is 1. The fourth-order valence-electron chi connectivity index (χ4n) is 2.54. The van der Waals surface area contributed by atoms with Gasteiger partial charge in [0.15, 0.2) is 11.3 Å². The molecule has 24 heavy (non-hydrogen) atoms. The summed E-state index contributed by atoms with van der Waals surface area (Å²) in [4.78, 5) is 12.3. The van der Waals surface area contributed by atoms with Crippen LogP contribution in [0.2, 0.25) is 0 Å². The lowest BCUT2D eigenvalue weighted by Gasteiger charge is -2.09. The largest absolute Gasteiger partial charge is 0.490 e. The fraction of sp³-hybridized carbons (Fsp3) is 0.333. The standard InChI is InChI=1S/C18H21N3O3/c1-4-13-10-14(21-20-13)18(22)19-11(3)16-9-12-7-6-8-15(23-5-2)17(12)24-16/h6-11H,4-5H2,1-3H3,(H,19,22)(H,20,21). The van der Waals surface area contributed by atoms with Gasteiger partial charge in [-0.25, -0.2) is 0 Å². The van der Waals surface area contributed by atoms with Crippen molar-refractivity contribution in [1.29, 1.82) is 0 Å². The van der Waals surface area contributed by atoms with Gasteiger partial charge in [-0.05, 0) is 38.5 Å². The first-order valence-electron chi connectivity index (χ1n) is 8.12. The number of carbonyl (C=O) groups is 1. The molecule has 0 radical (unpaired) electrons. The summed E-state index contributed by atoms with van der Waals surface area (Å²) in [5.41, 5.74) is 2.01. The molecule has 1 amide bonds. The second kappa shape index (κ2) is 6.78. The zero-order valence-corrected chi connectivity index (χ0v) is 14.1. The molecule has 0 aliphatic heterocycles. The first-order valence-corrected chi connectivity index (χ1v) is 8.12. The quantitative estimate of drug-likeness (QED) is 0.725. The van der Waals surface area contributed by atoms with E-state index in [1.807, 2.05) is 45.0 Å². The van der Waals surface area contributed by atoms with Crippen LogP contribution in [0.3, 0.4) is 0 Å². The summed E-state index contributed by atoms with van der Waals surface area (Å²) >= 11 is 0. The number of hydrogen-bond acceptors (Lipinski definition) is 4. The topological polar surface area (TPSA) is 80.1 Å². The Bertz CT molecular complexity index is 850. The Morgan fingerprint density at radius 3 is 2.92 bits per heavy atom. The van der Waals surface area contributed by atoms with Gasteiger partial charge >= 0.3 is 0 Å². The fourth-order valence-corrected chi connectivity index (χ4v) is 2.54. The summed E-state index contributed by atoms with van der Waals surface area (Å²) in [6.07, 6.45) is 0.805. The Balaban J connectivity index is 1.79. The summed E-state index contributed by atoms with van der Waals surface area (Å²) in [6, 6.07) is 9.16. The van der Waals surface area contributed by atoms with E-state index in [4.69, 9.17) is 9.15 Å². The summed E-state index contributed by atoms with van der Waals surface area (Å²) < 4.78 is 11.5. The van der Waals surface area contributed by atoms with Crippen molar-refractivity contribution in [3.05, 3.63) is 47.5 Å². The summed E-state index contributed by atoms with van der Waals surface area (Å²) in [7, 11) is 0. The Kier molecular flexibility index (Phi) is 4.55. The molecular formula is C18H21N3O3. The van der Waals surface area contributed by atoms with Gasteiger partial charge in [-0.1, -0.05) is 19.1 Å². The van der Waals surface area contributed by atoms with Crippen molar-refractivity contribution in [2.24, 2.45) is 0 Å². The molecule has 6 nitrogen and oxygen atoms in total. The van der Waals surface area contributed by atoms with E-state index in [1.54, 1.807) is 6.07 Å². The van der Waals surface area contributed by atoms with Crippen molar-refractivity contribution < 1.29 is 13.9 Å². The third-order valence-electron chi connectivity index (χ3n) is 3.85. The van der Waals surface area contributed by atoms with E-state index in [-0.39, 0.29) is 11.9 Å². The zero-order chi connectivity index (χ0) is 17.1. The number of aromatic nitrogens is 2. The molecule has 126 valence electrons. The molecule has 0 saturated heterocycles. The predicted octanol–water partition coefficient (Wildman–Crippen LogP) is 3.61. The van der Waals surface area contributed by atoms with Crippen molar-refractivity contribution >= 4 is 16.9 Å². The molecule has 2 heterocycles. The van der Waals surface area contributed by atoms with Crippen LogP contribution in [-0.4, -0.2) is 22.7 Å². The van der Waals surface area contributed by atoms with E-state index in [1.165, 1.54) is 0 Å².